The first kappa shape index (κ1) is 28.1. The maximum Gasteiger partial charge on any atom is 0.231 e. The Morgan fingerprint density at radius 1 is 1.00 bits per heavy atom. The first-order valence-corrected chi connectivity index (χ1v) is 14.6. The minimum absolute atomic E-state index is 0.182. The van der Waals surface area contributed by atoms with Crippen LogP contribution in [0.25, 0.3) is 11.4 Å². The lowest BCUT2D eigenvalue weighted by Crippen LogP contribution is -2.58. The number of piperazine rings is 1. The number of hydrogen-bond acceptors (Lipinski definition) is 6. The highest BCUT2D eigenvalue weighted by Gasteiger charge is 2.34. The van der Waals surface area contributed by atoms with Crippen LogP contribution in [0.15, 0.2) is 36.4 Å². The third-order valence-electron chi connectivity index (χ3n) is 8.73. The molecule has 7 heteroatoms. The summed E-state index contributed by atoms with van der Waals surface area (Å²) in [5.74, 6) is 2.05. The van der Waals surface area contributed by atoms with Crippen LogP contribution in [0.5, 0.6) is 0 Å². The normalized spacial score (nSPS) is 19.7. The van der Waals surface area contributed by atoms with E-state index < -0.39 is 0 Å². The van der Waals surface area contributed by atoms with Gasteiger partial charge in [0.1, 0.15) is 5.82 Å². The lowest BCUT2D eigenvalue weighted by Gasteiger charge is -2.45. The van der Waals surface area contributed by atoms with Crippen molar-refractivity contribution >= 4 is 17.4 Å². The van der Waals surface area contributed by atoms with E-state index in [0.29, 0.717) is 5.92 Å². The maximum atomic E-state index is 11.7. The number of fused-ring (bicyclic) bond motifs is 1. The van der Waals surface area contributed by atoms with Gasteiger partial charge in [0, 0.05) is 61.5 Å². The molecule has 0 radical (unpaired) electrons. The van der Waals surface area contributed by atoms with Crippen LogP contribution in [0.1, 0.15) is 67.1 Å². The summed E-state index contributed by atoms with van der Waals surface area (Å²) >= 11 is 0. The van der Waals surface area contributed by atoms with Crippen LogP contribution < -0.4 is 15.5 Å². The molecule has 1 amide bonds. The summed E-state index contributed by atoms with van der Waals surface area (Å²) in [5.41, 5.74) is 15.4. The Balaban J connectivity index is 1.60. The van der Waals surface area contributed by atoms with Crippen molar-refractivity contribution in [1.82, 2.24) is 14.9 Å². The Bertz CT molecular complexity index is 1400. The van der Waals surface area contributed by atoms with E-state index in [2.05, 4.69) is 99.6 Å². The van der Waals surface area contributed by atoms with E-state index in [1.807, 2.05) is 0 Å². The summed E-state index contributed by atoms with van der Waals surface area (Å²) in [6.45, 7) is 18.9. The molecule has 2 atom stereocenters. The van der Waals surface area contributed by atoms with Gasteiger partial charge in [-0.1, -0.05) is 44.2 Å². The average Bonchev–Trinajstić information content (AvgIpc) is 2.89. The van der Waals surface area contributed by atoms with Gasteiger partial charge < -0.3 is 15.5 Å². The molecule has 40 heavy (non-hydrogen) atoms. The van der Waals surface area contributed by atoms with Gasteiger partial charge in [-0.3, -0.25) is 9.69 Å². The van der Waals surface area contributed by atoms with Gasteiger partial charge in [0.15, 0.2) is 5.82 Å². The number of primary amides is 1. The average molecular weight is 541 g/mol. The molecule has 2 aromatic carbocycles. The van der Waals surface area contributed by atoms with Crippen molar-refractivity contribution in [1.29, 1.82) is 0 Å². The Morgan fingerprint density at radius 2 is 1.73 bits per heavy atom. The van der Waals surface area contributed by atoms with Gasteiger partial charge in [-0.15, -0.1) is 0 Å². The van der Waals surface area contributed by atoms with E-state index in [0.717, 1.165) is 55.5 Å². The number of nitrogens with two attached hydrogens (primary N) is 1. The van der Waals surface area contributed by atoms with Gasteiger partial charge >= 0.3 is 0 Å². The molecule has 3 heterocycles. The fourth-order valence-corrected chi connectivity index (χ4v) is 6.36. The predicted octanol–water partition coefficient (Wildman–Crippen LogP) is 5.14. The second-order valence-electron chi connectivity index (χ2n) is 12.2. The molecule has 7 nitrogen and oxygen atoms in total. The summed E-state index contributed by atoms with van der Waals surface area (Å²) in [6.07, 6.45) is 0.875. The molecule has 0 saturated carbocycles. The van der Waals surface area contributed by atoms with Gasteiger partial charge in [-0.25, -0.2) is 9.97 Å². The minimum Gasteiger partial charge on any atom is -0.369 e. The summed E-state index contributed by atoms with van der Waals surface area (Å²) in [7, 11) is 0. The van der Waals surface area contributed by atoms with Crippen molar-refractivity contribution < 1.29 is 4.79 Å². The third kappa shape index (κ3) is 5.44. The van der Waals surface area contributed by atoms with Crippen LogP contribution in [0, 0.1) is 20.8 Å². The molecule has 1 aromatic heterocycles. The molecule has 0 bridgehead atoms. The van der Waals surface area contributed by atoms with Crippen molar-refractivity contribution in [2.24, 2.45) is 5.73 Å². The topological polar surface area (TPSA) is 78.6 Å². The molecule has 0 unspecified atom stereocenters. The van der Waals surface area contributed by atoms with Gasteiger partial charge in [0.2, 0.25) is 5.91 Å². The molecule has 0 spiro atoms. The standard InChI is InChI=1S/C33H44N6O/c1-20(2)26-12-11-21(3)29(15-26)37-14-13-28-27(18-37)33(36-32(35-28)31-22(4)9-8-10-23(31)5)39-17-24(6)38(16-25(39)7)19-30(34)40/h8-12,15,20,24-25H,13-14,16-19H2,1-7H3,(H2,34,40)/t24-,25+/m0/s1. The highest BCUT2D eigenvalue weighted by molar-refractivity contribution is 5.76. The van der Waals surface area contributed by atoms with Crippen LogP contribution in [-0.4, -0.2) is 59.0 Å². The number of carbonyl (C=O) groups is 1. The SMILES string of the molecule is Cc1ccc(C(C)C)cc1N1CCc2nc(-c3c(C)cccc3C)nc(N3C[C@H](C)N(CC(N)=O)C[C@H]3C)c2C1. The zero-order chi connectivity index (χ0) is 28.7. The van der Waals surface area contributed by atoms with E-state index in [9.17, 15) is 4.79 Å². The van der Waals surface area contributed by atoms with Crippen molar-refractivity contribution in [3.63, 3.8) is 0 Å². The van der Waals surface area contributed by atoms with Crippen molar-refractivity contribution in [2.45, 2.75) is 79.4 Å². The molecule has 1 fully saturated rings. The number of aromatic nitrogens is 2. The van der Waals surface area contributed by atoms with Crippen LogP contribution in [0.3, 0.4) is 0 Å². The highest BCUT2D eigenvalue weighted by atomic mass is 16.1. The largest absolute Gasteiger partial charge is 0.369 e. The molecule has 2 N–H and O–H groups in total. The Hall–Kier alpha value is -3.45. The summed E-state index contributed by atoms with van der Waals surface area (Å²) < 4.78 is 0. The second-order valence-corrected chi connectivity index (χ2v) is 12.2. The van der Waals surface area contributed by atoms with Crippen molar-refractivity contribution in [3.05, 3.63) is 69.9 Å². The van der Waals surface area contributed by atoms with Crippen LogP contribution >= 0.6 is 0 Å². The lowest BCUT2D eigenvalue weighted by molar-refractivity contribution is -0.119. The Labute approximate surface area is 239 Å². The molecule has 3 aromatic rings. The van der Waals surface area contributed by atoms with E-state index in [-0.39, 0.29) is 24.5 Å². The number of carbonyl (C=O) groups excluding carboxylic acids is 1. The maximum absolute atomic E-state index is 11.7. The third-order valence-corrected chi connectivity index (χ3v) is 8.73. The first-order valence-electron chi connectivity index (χ1n) is 14.6. The van der Waals surface area contributed by atoms with Crippen molar-refractivity contribution in [3.8, 4) is 11.4 Å². The molecule has 5 rings (SSSR count). The van der Waals surface area contributed by atoms with Crippen LogP contribution in [0.4, 0.5) is 11.5 Å². The first-order chi connectivity index (χ1) is 19.0. The Kier molecular flexibility index (Phi) is 7.87. The van der Waals surface area contributed by atoms with Crippen LogP contribution in [0.2, 0.25) is 0 Å². The number of aryl methyl sites for hydroxylation is 3. The smallest absolute Gasteiger partial charge is 0.231 e. The molecule has 0 aliphatic carbocycles. The number of benzene rings is 2. The van der Waals surface area contributed by atoms with E-state index in [1.54, 1.807) is 0 Å². The fraction of sp³-hybridized carbons (Fsp3) is 0.485. The molecule has 212 valence electrons. The van der Waals surface area contributed by atoms with E-state index >= 15 is 0 Å². The summed E-state index contributed by atoms with van der Waals surface area (Å²) in [5, 5.41) is 0. The van der Waals surface area contributed by atoms with E-state index in [4.69, 9.17) is 15.7 Å². The molecule has 1 saturated heterocycles. The van der Waals surface area contributed by atoms with Gasteiger partial charge in [0.25, 0.3) is 0 Å². The van der Waals surface area contributed by atoms with Gasteiger partial charge in [-0.05, 0) is 68.9 Å². The van der Waals surface area contributed by atoms with Crippen molar-refractivity contribution in [2.75, 3.05) is 36.0 Å². The fourth-order valence-electron chi connectivity index (χ4n) is 6.36. The number of anilines is 2. The highest BCUT2D eigenvalue weighted by Crippen LogP contribution is 2.36. The quantitative estimate of drug-likeness (QED) is 0.467. The predicted molar refractivity (Wildman–Crippen MR) is 164 cm³/mol. The van der Waals surface area contributed by atoms with E-state index in [1.165, 1.54) is 33.5 Å². The summed E-state index contributed by atoms with van der Waals surface area (Å²) in [4.78, 5) is 29.4. The lowest BCUT2D eigenvalue weighted by atomic mass is 9.97. The number of amides is 1. The number of hydrogen-bond donors (Lipinski definition) is 1. The van der Waals surface area contributed by atoms with Gasteiger partial charge in [0.05, 0.1) is 12.2 Å². The molecule has 2 aliphatic heterocycles. The minimum atomic E-state index is -0.279. The van der Waals surface area contributed by atoms with Crippen LogP contribution in [-0.2, 0) is 17.8 Å². The molecule has 2 aliphatic rings. The zero-order valence-electron chi connectivity index (χ0n) is 25.2. The number of rotatable bonds is 6. The monoisotopic (exact) mass is 540 g/mol. The molecular formula is C33H44N6O. The number of nitrogens with zero attached hydrogens (tertiary/aromatic N) is 5. The second kappa shape index (κ2) is 11.2. The summed E-state index contributed by atoms with van der Waals surface area (Å²) in [6, 6.07) is 13.6. The Morgan fingerprint density at radius 3 is 2.40 bits per heavy atom. The molecular weight excluding hydrogens is 496 g/mol. The zero-order valence-corrected chi connectivity index (χ0v) is 25.2. The van der Waals surface area contributed by atoms with Gasteiger partial charge in [-0.2, -0.15) is 0 Å².